The zero-order valence-corrected chi connectivity index (χ0v) is 9.47. The quantitative estimate of drug-likeness (QED) is 0.452. The van der Waals surface area contributed by atoms with E-state index in [4.69, 9.17) is 5.84 Å². The molecule has 0 amide bonds. The van der Waals surface area contributed by atoms with E-state index in [1.807, 2.05) is 0 Å². The van der Waals surface area contributed by atoms with Crippen LogP contribution in [-0.2, 0) is 0 Å². The Balaban J connectivity index is 3.94. The molecule has 0 saturated carbocycles. The van der Waals surface area contributed by atoms with Gasteiger partial charge in [0, 0.05) is 6.04 Å². The molecular weight excluding hydrogens is 160 g/mol. The van der Waals surface area contributed by atoms with E-state index in [1.165, 1.54) is 38.5 Å². The lowest BCUT2D eigenvalue weighted by Crippen LogP contribution is -2.40. The highest BCUT2D eigenvalue weighted by Crippen LogP contribution is 2.20. The highest BCUT2D eigenvalue weighted by atomic mass is 15.2. The Kier molecular flexibility index (Phi) is 8.46. The molecule has 0 aromatic heterocycles. The maximum Gasteiger partial charge on any atom is 0.0238 e. The first-order valence-corrected chi connectivity index (χ1v) is 5.76. The van der Waals surface area contributed by atoms with Crippen LogP contribution in [0.5, 0.6) is 0 Å². The van der Waals surface area contributed by atoms with Gasteiger partial charge in [-0.3, -0.25) is 11.3 Å². The topological polar surface area (TPSA) is 38.0 Å². The molecule has 13 heavy (non-hydrogen) atoms. The monoisotopic (exact) mass is 186 g/mol. The van der Waals surface area contributed by atoms with Crippen LogP contribution in [0.25, 0.3) is 0 Å². The molecule has 0 saturated heterocycles. The standard InChI is InChI=1S/C11H26N2/c1-4-7-10(8-5-2)11(13-12)9-6-3/h10-11,13H,4-9,12H2,1-3H3. The lowest BCUT2D eigenvalue weighted by molar-refractivity contribution is 0.297. The van der Waals surface area contributed by atoms with Crippen LogP contribution >= 0.6 is 0 Å². The molecule has 0 aliphatic heterocycles. The Labute approximate surface area is 83.2 Å². The Bertz CT molecular complexity index is 98.3. The summed E-state index contributed by atoms with van der Waals surface area (Å²) in [6, 6.07) is 0.532. The fraction of sp³-hybridized carbons (Fsp3) is 1.00. The van der Waals surface area contributed by atoms with Gasteiger partial charge in [-0.2, -0.15) is 0 Å². The molecule has 0 aliphatic rings. The van der Waals surface area contributed by atoms with E-state index in [0.717, 1.165) is 5.92 Å². The van der Waals surface area contributed by atoms with Gasteiger partial charge < -0.3 is 0 Å². The van der Waals surface area contributed by atoms with E-state index in [2.05, 4.69) is 26.2 Å². The minimum atomic E-state index is 0.532. The summed E-state index contributed by atoms with van der Waals surface area (Å²) in [6.45, 7) is 6.73. The van der Waals surface area contributed by atoms with Crippen molar-refractivity contribution in [1.29, 1.82) is 0 Å². The summed E-state index contributed by atoms with van der Waals surface area (Å²) in [5, 5.41) is 0. The van der Waals surface area contributed by atoms with Crippen molar-refractivity contribution in [3.8, 4) is 0 Å². The average Bonchev–Trinajstić information content (AvgIpc) is 2.14. The fourth-order valence-electron chi connectivity index (χ4n) is 2.05. The van der Waals surface area contributed by atoms with Crippen molar-refractivity contribution in [2.45, 2.75) is 65.3 Å². The molecule has 0 aliphatic carbocycles. The van der Waals surface area contributed by atoms with Crippen LogP contribution < -0.4 is 11.3 Å². The predicted molar refractivity (Wildman–Crippen MR) is 59.3 cm³/mol. The Morgan fingerprint density at radius 2 is 1.38 bits per heavy atom. The van der Waals surface area contributed by atoms with Gasteiger partial charge in [0.25, 0.3) is 0 Å². The van der Waals surface area contributed by atoms with Gasteiger partial charge in [0.05, 0.1) is 0 Å². The SMILES string of the molecule is CCCC(CCC)C(CCC)NN. The summed E-state index contributed by atoms with van der Waals surface area (Å²) in [5.74, 6) is 6.35. The molecule has 2 nitrogen and oxygen atoms in total. The molecule has 2 heteroatoms. The van der Waals surface area contributed by atoms with Crippen LogP contribution in [0, 0.1) is 5.92 Å². The van der Waals surface area contributed by atoms with Crippen LogP contribution in [0.15, 0.2) is 0 Å². The van der Waals surface area contributed by atoms with Gasteiger partial charge in [-0.05, 0) is 25.2 Å². The van der Waals surface area contributed by atoms with Crippen molar-refractivity contribution < 1.29 is 0 Å². The van der Waals surface area contributed by atoms with E-state index in [0.29, 0.717) is 6.04 Å². The summed E-state index contributed by atoms with van der Waals surface area (Å²) in [6.07, 6.45) is 7.59. The third-order valence-electron chi connectivity index (χ3n) is 2.70. The van der Waals surface area contributed by atoms with Crippen molar-refractivity contribution in [1.82, 2.24) is 5.43 Å². The second kappa shape index (κ2) is 8.52. The second-order valence-corrected chi connectivity index (χ2v) is 3.90. The van der Waals surface area contributed by atoms with E-state index in [-0.39, 0.29) is 0 Å². The lowest BCUT2D eigenvalue weighted by Gasteiger charge is -2.25. The molecule has 1 atom stereocenters. The summed E-state index contributed by atoms with van der Waals surface area (Å²) < 4.78 is 0. The fourth-order valence-corrected chi connectivity index (χ4v) is 2.05. The first kappa shape index (κ1) is 12.9. The zero-order chi connectivity index (χ0) is 10.1. The molecule has 0 rings (SSSR count). The van der Waals surface area contributed by atoms with Crippen molar-refractivity contribution in [2.24, 2.45) is 11.8 Å². The van der Waals surface area contributed by atoms with Crippen molar-refractivity contribution in [2.75, 3.05) is 0 Å². The summed E-state index contributed by atoms with van der Waals surface area (Å²) in [4.78, 5) is 0. The van der Waals surface area contributed by atoms with Gasteiger partial charge in [0.15, 0.2) is 0 Å². The lowest BCUT2D eigenvalue weighted by atomic mass is 9.88. The molecule has 1 unspecified atom stereocenters. The molecule has 0 heterocycles. The second-order valence-electron chi connectivity index (χ2n) is 3.90. The van der Waals surface area contributed by atoms with Gasteiger partial charge in [-0.15, -0.1) is 0 Å². The van der Waals surface area contributed by atoms with Gasteiger partial charge in [-0.25, -0.2) is 0 Å². The smallest absolute Gasteiger partial charge is 0.0238 e. The third-order valence-corrected chi connectivity index (χ3v) is 2.70. The number of nitrogens with one attached hydrogen (secondary N) is 1. The normalized spacial score (nSPS) is 13.6. The van der Waals surface area contributed by atoms with Gasteiger partial charge in [0.2, 0.25) is 0 Å². The zero-order valence-electron chi connectivity index (χ0n) is 9.47. The molecule has 0 fully saturated rings. The van der Waals surface area contributed by atoms with E-state index in [1.54, 1.807) is 0 Å². The van der Waals surface area contributed by atoms with Crippen molar-refractivity contribution in [3.63, 3.8) is 0 Å². The Morgan fingerprint density at radius 3 is 1.69 bits per heavy atom. The number of hydrogen-bond acceptors (Lipinski definition) is 2. The van der Waals surface area contributed by atoms with Gasteiger partial charge in [-0.1, -0.05) is 40.0 Å². The third kappa shape index (κ3) is 5.27. The average molecular weight is 186 g/mol. The van der Waals surface area contributed by atoms with Crippen LogP contribution in [0.1, 0.15) is 59.3 Å². The molecule has 0 aromatic rings. The Hall–Kier alpha value is -0.0800. The van der Waals surface area contributed by atoms with Crippen molar-refractivity contribution >= 4 is 0 Å². The molecule has 0 radical (unpaired) electrons. The molecule has 0 aromatic carbocycles. The molecule has 3 N–H and O–H groups in total. The van der Waals surface area contributed by atoms with Gasteiger partial charge in [0.1, 0.15) is 0 Å². The van der Waals surface area contributed by atoms with E-state index in [9.17, 15) is 0 Å². The largest absolute Gasteiger partial charge is 0.271 e. The minimum absolute atomic E-state index is 0.532. The van der Waals surface area contributed by atoms with Crippen LogP contribution in [0.2, 0.25) is 0 Å². The minimum Gasteiger partial charge on any atom is -0.271 e. The highest BCUT2D eigenvalue weighted by Gasteiger charge is 2.17. The maximum absolute atomic E-state index is 5.57. The van der Waals surface area contributed by atoms with Crippen LogP contribution in [0.4, 0.5) is 0 Å². The van der Waals surface area contributed by atoms with Gasteiger partial charge >= 0.3 is 0 Å². The maximum atomic E-state index is 5.57. The highest BCUT2D eigenvalue weighted by molar-refractivity contribution is 4.73. The van der Waals surface area contributed by atoms with Crippen molar-refractivity contribution in [3.05, 3.63) is 0 Å². The predicted octanol–water partition coefficient (Wildman–Crippen LogP) is 2.83. The first-order valence-electron chi connectivity index (χ1n) is 5.76. The first-order chi connectivity index (χ1) is 6.29. The summed E-state index contributed by atoms with van der Waals surface area (Å²) >= 11 is 0. The number of rotatable bonds is 8. The number of nitrogens with two attached hydrogens (primary N) is 1. The summed E-state index contributed by atoms with van der Waals surface area (Å²) in [7, 11) is 0. The van der Waals surface area contributed by atoms with Crippen LogP contribution in [0.3, 0.4) is 0 Å². The molecule has 80 valence electrons. The molecule has 0 bridgehead atoms. The number of hydrazine groups is 1. The molecule has 0 spiro atoms. The summed E-state index contributed by atoms with van der Waals surface area (Å²) in [5.41, 5.74) is 2.97. The Morgan fingerprint density at radius 1 is 0.923 bits per heavy atom. The van der Waals surface area contributed by atoms with Crippen LogP contribution in [-0.4, -0.2) is 6.04 Å². The van der Waals surface area contributed by atoms with E-state index >= 15 is 0 Å². The van der Waals surface area contributed by atoms with E-state index < -0.39 is 0 Å². The number of hydrogen-bond donors (Lipinski definition) is 2. The molecular formula is C11H26N2.